The molecule has 5 heteroatoms. The molecule has 1 unspecified atom stereocenters. The first-order valence-electron chi connectivity index (χ1n) is 8.07. The third kappa shape index (κ3) is 2.32. The molecular formula is C18H20N2O3. The van der Waals surface area contributed by atoms with Gasteiger partial charge in [0.15, 0.2) is 0 Å². The molecule has 1 amide bonds. The van der Waals surface area contributed by atoms with Crippen LogP contribution in [0.4, 0.5) is 5.69 Å². The molecule has 1 aromatic heterocycles. The van der Waals surface area contributed by atoms with Crippen LogP contribution in [0, 0.1) is 0 Å². The molecule has 2 aromatic rings. The Morgan fingerprint density at radius 2 is 2.30 bits per heavy atom. The number of aromatic hydroxyl groups is 1. The van der Waals surface area contributed by atoms with Crippen LogP contribution in [0.2, 0.25) is 0 Å². The monoisotopic (exact) mass is 312 g/mol. The smallest absolute Gasteiger partial charge is 0.274 e. The second-order valence-electron chi connectivity index (χ2n) is 6.35. The lowest BCUT2D eigenvalue weighted by Crippen LogP contribution is -2.36. The van der Waals surface area contributed by atoms with Crippen molar-refractivity contribution >= 4 is 11.6 Å². The molecule has 0 saturated heterocycles. The summed E-state index contributed by atoms with van der Waals surface area (Å²) in [5.74, 6) is 0.419. The van der Waals surface area contributed by atoms with E-state index in [1.54, 1.807) is 11.0 Å². The number of phenolic OH excluding ortho intramolecular Hbond substituents is 1. The number of amides is 1. The Kier molecular flexibility index (Phi) is 3.38. The van der Waals surface area contributed by atoms with Crippen molar-refractivity contribution in [3.63, 3.8) is 0 Å². The summed E-state index contributed by atoms with van der Waals surface area (Å²) >= 11 is 0. The van der Waals surface area contributed by atoms with Gasteiger partial charge in [-0.15, -0.1) is 0 Å². The molecular weight excluding hydrogens is 292 g/mol. The van der Waals surface area contributed by atoms with E-state index in [2.05, 4.69) is 11.9 Å². The molecule has 3 heterocycles. The molecule has 1 atom stereocenters. The summed E-state index contributed by atoms with van der Waals surface area (Å²) in [6, 6.07) is 7.36. The number of rotatable bonds is 1. The second kappa shape index (κ2) is 5.42. The number of nitrogens with zero attached hydrogens (tertiary/aromatic N) is 1. The highest BCUT2D eigenvalue weighted by Crippen LogP contribution is 2.41. The van der Waals surface area contributed by atoms with E-state index in [4.69, 9.17) is 4.74 Å². The fourth-order valence-electron chi connectivity index (χ4n) is 3.54. The first kappa shape index (κ1) is 14.3. The molecule has 0 fully saturated rings. The van der Waals surface area contributed by atoms with Crippen LogP contribution < -0.4 is 4.90 Å². The molecule has 2 aliphatic heterocycles. The largest absolute Gasteiger partial charge is 0.506 e. The number of aromatic amines is 1. The van der Waals surface area contributed by atoms with E-state index >= 15 is 0 Å². The van der Waals surface area contributed by atoms with Crippen LogP contribution in [0.5, 0.6) is 5.75 Å². The third-order valence-electron chi connectivity index (χ3n) is 4.85. The number of benzene rings is 1. The number of nitrogens with one attached hydrogen (secondary N) is 1. The van der Waals surface area contributed by atoms with Crippen LogP contribution in [0.3, 0.4) is 0 Å². The number of carbonyl (C=O) groups is 1. The summed E-state index contributed by atoms with van der Waals surface area (Å²) in [7, 11) is 0. The van der Waals surface area contributed by atoms with Gasteiger partial charge in [-0.05, 0) is 35.6 Å². The van der Waals surface area contributed by atoms with E-state index in [0.29, 0.717) is 37.1 Å². The Bertz CT molecular complexity index is 742. The number of ether oxygens (including phenoxy) is 1. The topological polar surface area (TPSA) is 65.6 Å². The zero-order chi connectivity index (χ0) is 16.0. The van der Waals surface area contributed by atoms with Gasteiger partial charge in [-0.3, -0.25) is 4.79 Å². The van der Waals surface area contributed by atoms with E-state index < -0.39 is 0 Å². The van der Waals surface area contributed by atoms with E-state index in [1.165, 1.54) is 0 Å². The molecule has 0 bridgehead atoms. The number of H-pyrrole nitrogens is 1. The van der Waals surface area contributed by atoms with E-state index in [0.717, 1.165) is 29.7 Å². The number of para-hydroxylation sites is 1. The quantitative estimate of drug-likeness (QED) is 0.851. The number of carbonyl (C=O) groups excluding carboxylic acids is 1. The molecule has 120 valence electrons. The Balaban J connectivity index is 1.72. The van der Waals surface area contributed by atoms with Gasteiger partial charge in [-0.25, -0.2) is 0 Å². The fraction of sp³-hybridized carbons (Fsp3) is 0.389. The number of phenols is 1. The van der Waals surface area contributed by atoms with Crippen LogP contribution in [-0.2, 0) is 17.8 Å². The van der Waals surface area contributed by atoms with Crippen LogP contribution in [0.25, 0.3) is 0 Å². The lowest BCUT2D eigenvalue weighted by Gasteiger charge is -2.33. The third-order valence-corrected chi connectivity index (χ3v) is 4.85. The summed E-state index contributed by atoms with van der Waals surface area (Å²) < 4.78 is 5.44. The summed E-state index contributed by atoms with van der Waals surface area (Å²) in [5, 5.41) is 10.3. The molecule has 0 saturated carbocycles. The standard InChI is InChI=1S/C18H20N2O3/c1-11-5-7-20(17-13(11)3-2-4-16(17)21)18(22)15-9-12-10-23-8-6-14(12)19-15/h2-4,9,11,19,21H,5-8,10H2,1H3. The van der Waals surface area contributed by atoms with Gasteiger partial charge in [0, 0.05) is 18.7 Å². The second-order valence-corrected chi connectivity index (χ2v) is 6.35. The maximum atomic E-state index is 13.0. The number of aromatic nitrogens is 1. The van der Waals surface area contributed by atoms with Crippen molar-refractivity contribution in [3.8, 4) is 5.75 Å². The lowest BCUT2D eigenvalue weighted by molar-refractivity contribution is 0.0979. The minimum Gasteiger partial charge on any atom is -0.506 e. The van der Waals surface area contributed by atoms with Crippen LogP contribution in [-0.4, -0.2) is 29.1 Å². The van der Waals surface area contributed by atoms with Crippen molar-refractivity contribution < 1.29 is 14.6 Å². The maximum Gasteiger partial charge on any atom is 0.274 e. The lowest BCUT2D eigenvalue weighted by atomic mass is 9.91. The van der Waals surface area contributed by atoms with Gasteiger partial charge in [0.25, 0.3) is 5.91 Å². The van der Waals surface area contributed by atoms with Crippen molar-refractivity contribution in [2.45, 2.75) is 32.3 Å². The van der Waals surface area contributed by atoms with Crippen molar-refractivity contribution in [1.29, 1.82) is 0 Å². The normalized spacial score (nSPS) is 20.0. The Morgan fingerprint density at radius 1 is 1.43 bits per heavy atom. The summed E-state index contributed by atoms with van der Waals surface area (Å²) in [6.45, 7) is 3.99. The molecule has 2 aliphatic rings. The zero-order valence-corrected chi connectivity index (χ0v) is 13.1. The van der Waals surface area contributed by atoms with Gasteiger partial charge in [-0.2, -0.15) is 0 Å². The Morgan fingerprint density at radius 3 is 3.13 bits per heavy atom. The van der Waals surface area contributed by atoms with Crippen molar-refractivity contribution in [2.24, 2.45) is 0 Å². The summed E-state index contributed by atoms with van der Waals surface area (Å²) in [5.41, 5.74) is 4.40. The number of anilines is 1. The molecule has 0 radical (unpaired) electrons. The van der Waals surface area contributed by atoms with Gasteiger partial charge < -0.3 is 19.7 Å². The average molecular weight is 312 g/mol. The first-order chi connectivity index (χ1) is 11.1. The van der Waals surface area contributed by atoms with Gasteiger partial charge in [0.1, 0.15) is 11.4 Å². The van der Waals surface area contributed by atoms with E-state index in [9.17, 15) is 9.90 Å². The van der Waals surface area contributed by atoms with Gasteiger partial charge >= 0.3 is 0 Å². The average Bonchev–Trinajstić information content (AvgIpc) is 2.99. The maximum absolute atomic E-state index is 13.0. The Hall–Kier alpha value is -2.27. The van der Waals surface area contributed by atoms with Crippen LogP contribution in [0.1, 0.15) is 46.6 Å². The minimum absolute atomic E-state index is 0.0888. The molecule has 0 aliphatic carbocycles. The highest BCUT2D eigenvalue weighted by atomic mass is 16.5. The summed E-state index contributed by atoms with van der Waals surface area (Å²) in [6.07, 6.45) is 1.70. The van der Waals surface area contributed by atoms with Gasteiger partial charge in [0.05, 0.1) is 18.9 Å². The van der Waals surface area contributed by atoms with Crippen LogP contribution >= 0.6 is 0 Å². The van der Waals surface area contributed by atoms with Crippen LogP contribution in [0.15, 0.2) is 24.3 Å². The molecule has 0 spiro atoms. The van der Waals surface area contributed by atoms with Crippen molar-refractivity contribution in [1.82, 2.24) is 4.98 Å². The van der Waals surface area contributed by atoms with E-state index in [1.807, 2.05) is 18.2 Å². The number of fused-ring (bicyclic) bond motifs is 2. The molecule has 2 N–H and O–H groups in total. The fourth-order valence-corrected chi connectivity index (χ4v) is 3.54. The van der Waals surface area contributed by atoms with Gasteiger partial charge in [-0.1, -0.05) is 19.1 Å². The molecule has 1 aromatic carbocycles. The minimum atomic E-state index is -0.0888. The number of hydrogen-bond acceptors (Lipinski definition) is 3. The SMILES string of the molecule is CC1CCN(C(=O)c2cc3c([nH]2)CCOC3)c2c(O)cccc21. The molecule has 5 nitrogen and oxygen atoms in total. The van der Waals surface area contributed by atoms with Gasteiger partial charge in [0.2, 0.25) is 0 Å². The predicted octanol–water partition coefficient (Wildman–Crippen LogP) is 2.95. The highest BCUT2D eigenvalue weighted by Gasteiger charge is 2.30. The Labute approximate surface area is 134 Å². The molecule has 23 heavy (non-hydrogen) atoms. The molecule has 4 rings (SSSR count). The highest BCUT2D eigenvalue weighted by molar-refractivity contribution is 6.06. The zero-order valence-electron chi connectivity index (χ0n) is 13.1. The van der Waals surface area contributed by atoms with Crippen molar-refractivity contribution in [3.05, 3.63) is 46.8 Å². The number of hydrogen-bond donors (Lipinski definition) is 2. The first-order valence-corrected chi connectivity index (χ1v) is 8.07. The predicted molar refractivity (Wildman–Crippen MR) is 87.0 cm³/mol. The summed E-state index contributed by atoms with van der Waals surface area (Å²) in [4.78, 5) is 17.9. The van der Waals surface area contributed by atoms with Crippen molar-refractivity contribution in [2.75, 3.05) is 18.1 Å². The van der Waals surface area contributed by atoms with E-state index in [-0.39, 0.29) is 11.7 Å².